The molecule has 0 aromatic rings. The first-order valence-electron chi connectivity index (χ1n) is 18.0. The van der Waals surface area contributed by atoms with Gasteiger partial charge in [-0.15, -0.1) is 0 Å². The van der Waals surface area contributed by atoms with Crippen LogP contribution in [0.2, 0.25) is 0 Å². The van der Waals surface area contributed by atoms with Crippen molar-refractivity contribution < 1.29 is 47.5 Å². The summed E-state index contributed by atoms with van der Waals surface area (Å²) in [5.74, 6) is -2.41. The molecule has 0 aromatic carbocycles. The minimum Gasteiger partial charge on any atom is -0.480 e. The molecule has 0 bridgehead atoms. The Balaban J connectivity index is 4.46. The molecule has 0 rings (SSSR count). The van der Waals surface area contributed by atoms with Gasteiger partial charge in [-0.05, 0) is 44.9 Å². The average Bonchev–Trinajstić information content (AvgIpc) is 3.05. The van der Waals surface area contributed by atoms with Gasteiger partial charge in [-0.1, -0.05) is 121 Å². The quantitative estimate of drug-likeness (QED) is 0.0259. The van der Waals surface area contributed by atoms with Gasteiger partial charge in [-0.2, -0.15) is 0 Å². The van der Waals surface area contributed by atoms with Crippen molar-refractivity contribution in [3.05, 3.63) is 36.5 Å². The average molecular weight is 702 g/mol. The second-order valence-electron chi connectivity index (χ2n) is 12.0. The Hall–Kier alpha value is -2.30. The number of ether oxygens (including phenoxy) is 2. The van der Waals surface area contributed by atoms with Crippen LogP contribution in [-0.2, 0) is 37.5 Å². The van der Waals surface area contributed by atoms with Crippen molar-refractivity contribution in [1.29, 1.82) is 0 Å². The van der Waals surface area contributed by atoms with Gasteiger partial charge < -0.3 is 25.2 Å². The number of carboxylic acid groups (broad SMARTS) is 1. The first kappa shape index (κ1) is 45.7. The molecule has 0 fully saturated rings. The van der Waals surface area contributed by atoms with E-state index in [4.69, 9.17) is 24.8 Å². The Kier molecular flexibility index (Phi) is 30.4. The maximum atomic E-state index is 12.5. The summed E-state index contributed by atoms with van der Waals surface area (Å²) in [5, 5.41) is 8.83. The summed E-state index contributed by atoms with van der Waals surface area (Å²) in [6.07, 6.45) is 30.9. The lowest BCUT2D eigenvalue weighted by Crippen LogP contribution is -2.34. The predicted molar refractivity (Wildman–Crippen MR) is 189 cm³/mol. The second kappa shape index (κ2) is 31.9. The summed E-state index contributed by atoms with van der Waals surface area (Å²) in [7, 11) is -4.71. The number of nitrogens with two attached hydrogens (primary N) is 1. The van der Waals surface area contributed by atoms with Gasteiger partial charge in [0.1, 0.15) is 12.6 Å². The Morgan fingerprint density at radius 1 is 0.667 bits per heavy atom. The number of carbonyl (C=O) groups excluding carboxylic acids is 2. The Labute approximate surface area is 289 Å². The van der Waals surface area contributed by atoms with Crippen LogP contribution in [0.1, 0.15) is 142 Å². The zero-order valence-corrected chi connectivity index (χ0v) is 30.5. The molecule has 0 aromatic heterocycles. The fraction of sp³-hybridized carbons (Fsp3) is 0.750. The summed E-state index contributed by atoms with van der Waals surface area (Å²) < 4.78 is 32.4. The zero-order chi connectivity index (χ0) is 35.7. The summed E-state index contributed by atoms with van der Waals surface area (Å²) in [5.41, 5.74) is 5.30. The van der Waals surface area contributed by atoms with Crippen LogP contribution in [0.3, 0.4) is 0 Å². The minimum atomic E-state index is -4.71. The standard InChI is InChI=1S/C36H64NO10P/c1-3-5-7-9-11-13-14-15-16-17-18-20-21-23-25-27-34(38)44-29-32(30-45-48(42,43)46-31-33(37)36(40)41)47-35(39)28-26-24-22-19-12-10-8-6-4-2/h5,7,11,13,15-16,32-33H,3-4,6,8-10,12,14,17-31,37H2,1-2H3,(H,40,41)(H,42,43)/b7-5-,13-11-,16-15-/t32-,33+/m1/s1. The molecule has 0 aliphatic heterocycles. The van der Waals surface area contributed by atoms with E-state index >= 15 is 0 Å². The summed E-state index contributed by atoms with van der Waals surface area (Å²) in [6, 6.07) is -1.52. The van der Waals surface area contributed by atoms with Crippen molar-refractivity contribution in [2.45, 2.75) is 154 Å². The van der Waals surface area contributed by atoms with Crippen LogP contribution in [0.5, 0.6) is 0 Å². The molecule has 0 saturated carbocycles. The van der Waals surface area contributed by atoms with Crippen molar-refractivity contribution in [1.82, 2.24) is 0 Å². The lowest BCUT2D eigenvalue weighted by atomic mass is 10.1. The molecule has 48 heavy (non-hydrogen) atoms. The van der Waals surface area contributed by atoms with E-state index in [0.29, 0.717) is 12.8 Å². The molecule has 0 aliphatic rings. The Bertz CT molecular complexity index is 968. The molecule has 0 radical (unpaired) electrons. The second-order valence-corrected chi connectivity index (χ2v) is 13.4. The molecule has 12 heteroatoms. The molecule has 0 aliphatic carbocycles. The number of phosphoric acid groups is 1. The molecule has 0 heterocycles. The number of aliphatic carboxylic acids is 1. The van der Waals surface area contributed by atoms with Crippen molar-refractivity contribution >= 4 is 25.7 Å². The number of carboxylic acids is 1. The highest BCUT2D eigenvalue weighted by Crippen LogP contribution is 2.43. The summed E-state index contributed by atoms with van der Waals surface area (Å²) in [4.78, 5) is 45.6. The predicted octanol–water partition coefficient (Wildman–Crippen LogP) is 8.50. The molecule has 1 unspecified atom stereocenters. The molecule has 0 saturated heterocycles. The molecule has 278 valence electrons. The molecule has 0 amide bonds. The van der Waals surface area contributed by atoms with Crippen LogP contribution in [0, 0.1) is 0 Å². The van der Waals surface area contributed by atoms with Crippen LogP contribution in [0.25, 0.3) is 0 Å². The van der Waals surface area contributed by atoms with Crippen molar-refractivity contribution in [3.63, 3.8) is 0 Å². The van der Waals surface area contributed by atoms with Crippen LogP contribution in [0.4, 0.5) is 0 Å². The maximum absolute atomic E-state index is 12.5. The van der Waals surface area contributed by atoms with Gasteiger partial charge in [0, 0.05) is 12.8 Å². The van der Waals surface area contributed by atoms with E-state index in [0.717, 1.165) is 70.6 Å². The van der Waals surface area contributed by atoms with Gasteiger partial charge in [-0.3, -0.25) is 23.4 Å². The number of hydrogen-bond acceptors (Lipinski definition) is 9. The molecular weight excluding hydrogens is 637 g/mol. The molecule has 3 atom stereocenters. The first-order chi connectivity index (χ1) is 23.1. The van der Waals surface area contributed by atoms with Gasteiger partial charge in [0.25, 0.3) is 0 Å². The SMILES string of the molecule is CC/C=C\C/C=C\C/C=C\CCCCCCCC(=O)OC[C@H](COP(=O)(O)OC[C@H](N)C(=O)O)OC(=O)CCCCCCCCCCC. The topological polar surface area (TPSA) is 172 Å². The van der Waals surface area contributed by atoms with Crippen LogP contribution in [-0.4, -0.2) is 59.9 Å². The number of allylic oxidation sites excluding steroid dienone is 6. The van der Waals surface area contributed by atoms with E-state index in [2.05, 4.69) is 54.8 Å². The van der Waals surface area contributed by atoms with E-state index in [-0.39, 0.29) is 19.4 Å². The minimum absolute atomic E-state index is 0.158. The van der Waals surface area contributed by atoms with E-state index in [1.807, 2.05) is 0 Å². The Morgan fingerprint density at radius 2 is 1.17 bits per heavy atom. The largest absolute Gasteiger partial charge is 0.480 e. The highest BCUT2D eigenvalue weighted by Gasteiger charge is 2.28. The molecular formula is C36H64NO10P. The highest BCUT2D eigenvalue weighted by atomic mass is 31.2. The monoisotopic (exact) mass is 701 g/mol. The van der Waals surface area contributed by atoms with Gasteiger partial charge in [-0.25, -0.2) is 4.57 Å². The third kappa shape index (κ3) is 31.0. The fourth-order valence-electron chi connectivity index (χ4n) is 4.55. The van der Waals surface area contributed by atoms with E-state index in [1.165, 1.54) is 32.1 Å². The fourth-order valence-corrected chi connectivity index (χ4v) is 5.33. The number of unbranched alkanes of at least 4 members (excludes halogenated alkanes) is 13. The number of esters is 2. The van der Waals surface area contributed by atoms with Crippen molar-refractivity contribution in [2.75, 3.05) is 19.8 Å². The lowest BCUT2D eigenvalue weighted by Gasteiger charge is -2.20. The van der Waals surface area contributed by atoms with E-state index in [1.54, 1.807) is 0 Å². The summed E-state index contributed by atoms with van der Waals surface area (Å²) >= 11 is 0. The zero-order valence-electron chi connectivity index (χ0n) is 29.6. The number of phosphoric ester groups is 1. The van der Waals surface area contributed by atoms with E-state index < -0.39 is 51.1 Å². The molecule has 0 spiro atoms. The molecule has 4 N–H and O–H groups in total. The van der Waals surface area contributed by atoms with Gasteiger partial charge in [0.05, 0.1) is 13.2 Å². The molecule has 11 nitrogen and oxygen atoms in total. The van der Waals surface area contributed by atoms with Crippen LogP contribution in [0.15, 0.2) is 36.5 Å². The van der Waals surface area contributed by atoms with Gasteiger partial charge in [0.2, 0.25) is 0 Å². The van der Waals surface area contributed by atoms with Gasteiger partial charge >= 0.3 is 25.7 Å². The van der Waals surface area contributed by atoms with Crippen LogP contribution >= 0.6 is 7.82 Å². The number of hydrogen-bond donors (Lipinski definition) is 3. The smallest absolute Gasteiger partial charge is 0.472 e. The number of rotatable bonds is 33. The normalized spacial score (nSPS) is 14.4. The van der Waals surface area contributed by atoms with Crippen LogP contribution < -0.4 is 5.73 Å². The maximum Gasteiger partial charge on any atom is 0.472 e. The highest BCUT2D eigenvalue weighted by molar-refractivity contribution is 7.47. The van der Waals surface area contributed by atoms with Crippen molar-refractivity contribution in [3.8, 4) is 0 Å². The van der Waals surface area contributed by atoms with Gasteiger partial charge in [0.15, 0.2) is 6.10 Å². The van der Waals surface area contributed by atoms with E-state index in [9.17, 15) is 23.8 Å². The number of carbonyl (C=O) groups is 3. The Morgan fingerprint density at radius 3 is 1.75 bits per heavy atom. The third-order valence-electron chi connectivity index (χ3n) is 7.40. The van der Waals surface area contributed by atoms with Crippen molar-refractivity contribution in [2.24, 2.45) is 5.73 Å². The lowest BCUT2D eigenvalue weighted by molar-refractivity contribution is -0.161. The third-order valence-corrected chi connectivity index (χ3v) is 8.35. The first-order valence-corrected chi connectivity index (χ1v) is 19.5. The summed E-state index contributed by atoms with van der Waals surface area (Å²) in [6.45, 7) is 2.61.